The zero-order chi connectivity index (χ0) is 14.6. The first-order valence-corrected chi connectivity index (χ1v) is 7.32. The molecule has 1 heterocycles. The van der Waals surface area contributed by atoms with Crippen molar-refractivity contribution in [1.29, 1.82) is 5.26 Å². The number of piperidine rings is 1. The van der Waals surface area contributed by atoms with E-state index in [-0.39, 0.29) is 5.41 Å². The van der Waals surface area contributed by atoms with Gasteiger partial charge in [-0.3, -0.25) is 0 Å². The second-order valence-electron chi connectivity index (χ2n) is 6.35. The molecule has 0 saturated carbocycles. The van der Waals surface area contributed by atoms with Gasteiger partial charge in [0.15, 0.2) is 0 Å². The molecule has 20 heavy (non-hydrogen) atoms. The number of methoxy groups -OCH3 is 1. The van der Waals surface area contributed by atoms with Crippen LogP contribution in [0.15, 0.2) is 24.3 Å². The summed E-state index contributed by atoms with van der Waals surface area (Å²) in [7, 11) is 1.69. The van der Waals surface area contributed by atoms with Gasteiger partial charge in [-0.2, -0.15) is 5.26 Å². The molecule has 1 aliphatic heterocycles. The fraction of sp³-hybridized carbons (Fsp3) is 0.588. The van der Waals surface area contributed by atoms with E-state index in [4.69, 9.17) is 4.74 Å². The summed E-state index contributed by atoms with van der Waals surface area (Å²) in [5, 5.41) is 12.7. The van der Waals surface area contributed by atoms with Gasteiger partial charge in [-0.15, -0.1) is 0 Å². The van der Waals surface area contributed by atoms with Gasteiger partial charge in [0, 0.05) is 6.04 Å². The summed E-state index contributed by atoms with van der Waals surface area (Å²) in [6, 6.07) is 11.2. The Kier molecular flexibility index (Phi) is 4.67. The molecule has 0 aliphatic carbocycles. The van der Waals surface area contributed by atoms with Gasteiger partial charge in [0.05, 0.1) is 18.6 Å². The Bertz CT molecular complexity index is 473. The number of ether oxygens (including phenoxy) is 1. The quantitative estimate of drug-likeness (QED) is 0.912. The number of nitriles is 1. The van der Waals surface area contributed by atoms with E-state index in [9.17, 15) is 5.26 Å². The van der Waals surface area contributed by atoms with Crippen molar-refractivity contribution in [3.05, 3.63) is 29.8 Å². The third-order valence-electron chi connectivity index (χ3n) is 4.14. The Morgan fingerprint density at radius 2 is 2.05 bits per heavy atom. The summed E-state index contributed by atoms with van der Waals surface area (Å²) in [5.74, 6) is 1.49. The average molecular weight is 272 g/mol. The van der Waals surface area contributed by atoms with Crippen molar-refractivity contribution in [3.8, 4) is 11.8 Å². The zero-order valence-electron chi connectivity index (χ0n) is 12.6. The first-order valence-electron chi connectivity index (χ1n) is 7.32. The maximum absolute atomic E-state index is 9.17. The molecular weight excluding hydrogens is 248 g/mol. The van der Waals surface area contributed by atoms with Crippen LogP contribution in [0.3, 0.4) is 0 Å². The van der Waals surface area contributed by atoms with Gasteiger partial charge in [0.1, 0.15) is 5.75 Å². The van der Waals surface area contributed by atoms with Crippen LogP contribution in [0.1, 0.15) is 44.6 Å². The van der Waals surface area contributed by atoms with E-state index in [0.717, 1.165) is 31.6 Å². The van der Waals surface area contributed by atoms with Crippen LogP contribution in [0.25, 0.3) is 0 Å². The van der Waals surface area contributed by atoms with E-state index in [1.54, 1.807) is 7.11 Å². The minimum atomic E-state index is -0.251. The predicted octanol–water partition coefficient (Wildman–Crippen LogP) is 3.47. The number of nitrogens with zero attached hydrogens (tertiary/aromatic N) is 1. The first kappa shape index (κ1) is 14.9. The van der Waals surface area contributed by atoms with Gasteiger partial charge < -0.3 is 10.1 Å². The molecule has 2 rings (SSSR count). The summed E-state index contributed by atoms with van der Waals surface area (Å²) in [4.78, 5) is 0. The summed E-state index contributed by atoms with van der Waals surface area (Å²) < 4.78 is 5.21. The maximum Gasteiger partial charge on any atom is 0.118 e. The van der Waals surface area contributed by atoms with Crippen molar-refractivity contribution in [3.63, 3.8) is 0 Å². The number of hydrogen-bond acceptors (Lipinski definition) is 3. The lowest BCUT2D eigenvalue weighted by Crippen LogP contribution is -2.39. The Morgan fingerprint density at radius 3 is 2.65 bits per heavy atom. The fourth-order valence-electron chi connectivity index (χ4n) is 3.00. The lowest BCUT2D eigenvalue weighted by Gasteiger charge is -2.33. The van der Waals surface area contributed by atoms with E-state index >= 15 is 0 Å². The molecule has 108 valence electrons. The Labute approximate surface area is 121 Å². The van der Waals surface area contributed by atoms with Gasteiger partial charge >= 0.3 is 0 Å². The molecule has 3 nitrogen and oxygen atoms in total. The molecule has 1 unspecified atom stereocenters. The van der Waals surface area contributed by atoms with Crippen molar-refractivity contribution in [2.75, 3.05) is 13.7 Å². The molecule has 0 radical (unpaired) electrons. The Hall–Kier alpha value is -1.53. The van der Waals surface area contributed by atoms with Gasteiger partial charge in [0.2, 0.25) is 0 Å². The maximum atomic E-state index is 9.17. The second kappa shape index (κ2) is 6.28. The van der Waals surface area contributed by atoms with Crippen LogP contribution in [0.5, 0.6) is 5.75 Å². The molecule has 1 fully saturated rings. The average Bonchev–Trinajstić information content (AvgIpc) is 2.47. The van der Waals surface area contributed by atoms with Crippen LogP contribution in [0.2, 0.25) is 0 Å². The molecule has 1 aromatic rings. The highest BCUT2D eigenvalue weighted by molar-refractivity contribution is 5.29. The molecule has 1 aromatic carbocycles. The van der Waals surface area contributed by atoms with Crippen molar-refractivity contribution in [1.82, 2.24) is 5.32 Å². The van der Waals surface area contributed by atoms with Crippen LogP contribution in [0, 0.1) is 16.7 Å². The Balaban J connectivity index is 2.01. The van der Waals surface area contributed by atoms with E-state index in [0.29, 0.717) is 12.0 Å². The molecule has 0 spiro atoms. The summed E-state index contributed by atoms with van der Waals surface area (Å²) in [6.45, 7) is 5.07. The van der Waals surface area contributed by atoms with Gasteiger partial charge in [-0.1, -0.05) is 12.1 Å². The number of benzene rings is 1. The third-order valence-corrected chi connectivity index (χ3v) is 4.14. The highest BCUT2D eigenvalue weighted by Crippen LogP contribution is 2.33. The van der Waals surface area contributed by atoms with E-state index in [1.165, 1.54) is 5.56 Å². The molecule has 1 saturated heterocycles. The lowest BCUT2D eigenvalue weighted by molar-refractivity contribution is 0.287. The molecule has 0 bridgehead atoms. The predicted molar refractivity (Wildman–Crippen MR) is 80.8 cm³/mol. The van der Waals surface area contributed by atoms with Gasteiger partial charge in [-0.25, -0.2) is 0 Å². The molecule has 0 amide bonds. The molecule has 0 aromatic heterocycles. The monoisotopic (exact) mass is 272 g/mol. The normalized spacial score (nSPS) is 23.1. The van der Waals surface area contributed by atoms with Crippen LogP contribution in [0.4, 0.5) is 0 Å². The lowest BCUT2D eigenvalue weighted by atomic mass is 9.79. The topological polar surface area (TPSA) is 45.0 Å². The minimum Gasteiger partial charge on any atom is -0.497 e. The van der Waals surface area contributed by atoms with E-state index < -0.39 is 0 Å². The van der Waals surface area contributed by atoms with Crippen molar-refractivity contribution in [2.45, 2.75) is 45.1 Å². The van der Waals surface area contributed by atoms with Crippen LogP contribution in [-0.2, 0) is 0 Å². The SMILES string of the molecule is COc1ccc(C2CCN[C@H](CC(C)(C)C#N)C2)cc1. The van der Waals surface area contributed by atoms with E-state index in [2.05, 4.69) is 23.5 Å². The first-order chi connectivity index (χ1) is 9.54. The van der Waals surface area contributed by atoms with Crippen molar-refractivity contribution in [2.24, 2.45) is 5.41 Å². The highest BCUT2D eigenvalue weighted by atomic mass is 16.5. The van der Waals surface area contributed by atoms with Crippen molar-refractivity contribution >= 4 is 0 Å². The number of nitrogens with one attached hydrogen (secondary N) is 1. The molecule has 1 aliphatic rings. The summed E-state index contributed by atoms with van der Waals surface area (Å²) in [5.41, 5.74) is 1.13. The zero-order valence-corrected chi connectivity index (χ0v) is 12.6. The Morgan fingerprint density at radius 1 is 1.35 bits per heavy atom. The smallest absolute Gasteiger partial charge is 0.118 e. The van der Waals surface area contributed by atoms with Crippen LogP contribution >= 0.6 is 0 Å². The van der Waals surface area contributed by atoms with Crippen LogP contribution in [-0.4, -0.2) is 19.7 Å². The van der Waals surface area contributed by atoms with Crippen molar-refractivity contribution < 1.29 is 4.74 Å². The minimum absolute atomic E-state index is 0.251. The number of hydrogen-bond donors (Lipinski definition) is 1. The van der Waals surface area contributed by atoms with Crippen LogP contribution < -0.4 is 10.1 Å². The third kappa shape index (κ3) is 3.74. The number of rotatable bonds is 4. The summed E-state index contributed by atoms with van der Waals surface area (Å²) >= 11 is 0. The molecular formula is C17H24N2O. The molecule has 2 atom stereocenters. The van der Waals surface area contributed by atoms with Gasteiger partial charge in [-0.05, 0) is 63.3 Å². The van der Waals surface area contributed by atoms with Gasteiger partial charge in [0.25, 0.3) is 0 Å². The standard InChI is InChI=1S/C17H24N2O/c1-17(2,12-18)11-15-10-14(8-9-19-15)13-4-6-16(20-3)7-5-13/h4-7,14-15,19H,8-11H2,1-3H3/t14?,15-/m0/s1. The fourth-order valence-corrected chi connectivity index (χ4v) is 3.00. The summed E-state index contributed by atoms with van der Waals surface area (Å²) in [6.07, 6.45) is 3.18. The molecule has 3 heteroatoms. The highest BCUT2D eigenvalue weighted by Gasteiger charge is 2.28. The largest absolute Gasteiger partial charge is 0.497 e. The second-order valence-corrected chi connectivity index (χ2v) is 6.35. The molecule has 1 N–H and O–H groups in total. The van der Waals surface area contributed by atoms with E-state index in [1.807, 2.05) is 26.0 Å².